The molecule has 1 aliphatic carbocycles. The molecule has 2 N–H and O–H groups in total. The highest BCUT2D eigenvalue weighted by Crippen LogP contribution is 2.38. The number of imide groups is 1. The van der Waals surface area contributed by atoms with E-state index in [4.69, 9.17) is 11.6 Å². The molecule has 152 valence electrons. The van der Waals surface area contributed by atoms with Crippen LogP contribution in [0.25, 0.3) is 0 Å². The molecule has 0 unspecified atom stereocenters. The van der Waals surface area contributed by atoms with Gasteiger partial charge in [0, 0.05) is 5.69 Å². The number of carbonyl (C=O) groups excluding carboxylic acids is 3. The van der Waals surface area contributed by atoms with Gasteiger partial charge in [-0.1, -0.05) is 31.4 Å². The van der Waals surface area contributed by atoms with Crippen molar-refractivity contribution in [2.45, 2.75) is 44.3 Å². The third-order valence-corrected chi connectivity index (χ3v) is 5.69. The molecule has 1 saturated heterocycles. The highest BCUT2D eigenvalue weighted by atomic mass is 35.5. The lowest BCUT2D eigenvalue weighted by atomic mass is 9.73. The first-order valence-corrected chi connectivity index (χ1v) is 9.23. The van der Waals surface area contributed by atoms with Gasteiger partial charge in [-0.25, -0.2) is 4.79 Å². The van der Waals surface area contributed by atoms with Crippen molar-refractivity contribution in [2.75, 3.05) is 11.9 Å². The van der Waals surface area contributed by atoms with Crippen LogP contribution in [0.4, 0.5) is 23.7 Å². The van der Waals surface area contributed by atoms with Gasteiger partial charge in [-0.2, -0.15) is 13.2 Å². The molecule has 3 rings (SSSR count). The summed E-state index contributed by atoms with van der Waals surface area (Å²) in [5, 5.41) is 4.50. The second-order valence-corrected chi connectivity index (χ2v) is 7.59. The minimum absolute atomic E-state index is 0.0589. The molecule has 0 bridgehead atoms. The third kappa shape index (κ3) is 3.67. The van der Waals surface area contributed by atoms with Gasteiger partial charge in [0.25, 0.3) is 5.91 Å². The molecule has 0 aromatic heterocycles. The lowest BCUT2D eigenvalue weighted by Crippen LogP contribution is -2.54. The average molecular weight is 418 g/mol. The van der Waals surface area contributed by atoms with Crippen molar-refractivity contribution in [3.63, 3.8) is 0 Å². The van der Waals surface area contributed by atoms with Crippen LogP contribution < -0.4 is 10.6 Å². The molecule has 1 spiro atoms. The molecule has 1 aromatic rings. The lowest BCUT2D eigenvalue weighted by molar-refractivity contribution is -0.137. The number of hydrogen-bond acceptors (Lipinski definition) is 3. The van der Waals surface area contributed by atoms with E-state index >= 15 is 0 Å². The van der Waals surface area contributed by atoms with Crippen molar-refractivity contribution in [2.24, 2.45) is 5.92 Å². The fraction of sp³-hybridized carbons (Fsp3) is 0.500. The van der Waals surface area contributed by atoms with E-state index in [-0.39, 0.29) is 11.6 Å². The van der Waals surface area contributed by atoms with E-state index in [0.717, 1.165) is 30.2 Å². The number of halogens is 4. The monoisotopic (exact) mass is 417 g/mol. The smallest absolute Gasteiger partial charge is 0.325 e. The molecule has 10 heteroatoms. The molecule has 1 aromatic carbocycles. The number of anilines is 1. The van der Waals surface area contributed by atoms with Gasteiger partial charge in [-0.05, 0) is 37.0 Å². The molecule has 6 nitrogen and oxygen atoms in total. The predicted molar refractivity (Wildman–Crippen MR) is 95.7 cm³/mol. The van der Waals surface area contributed by atoms with Crippen molar-refractivity contribution in [1.29, 1.82) is 0 Å². The van der Waals surface area contributed by atoms with Gasteiger partial charge in [-0.3, -0.25) is 14.5 Å². The zero-order valence-corrected chi connectivity index (χ0v) is 15.8. The Morgan fingerprint density at radius 2 is 2.07 bits per heavy atom. The van der Waals surface area contributed by atoms with Crippen LogP contribution in [0.3, 0.4) is 0 Å². The van der Waals surface area contributed by atoms with Crippen LogP contribution in [0, 0.1) is 5.92 Å². The van der Waals surface area contributed by atoms with E-state index in [1.54, 1.807) is 0 Å². The number of carbonyl (C=O) groups is 3. The normalized spacial score (nSPS) is 25.2. The van der Waals surface area contributed by atoms with Crippen LogP contribution in [-0.2, 0) is 15.8 Å². The molecule has 0 radical (unpaired) electrons. The zero-order valence-electron chi connectivity index (χ0n) is 15.0. The predicted octanol–water partition coefficient (Wildman–Crippen LogP) is 3.80. The summed E-state index contributed by atoms with van der Waals surface area (Å²) in [6.45, 7) is 1.30. The van der Waals surface area contributed by atoms with Crippen molar-refractivity contribution in [3.05, 3.63) is 28.8 Å². The number of alkyl halides is 3. The van der Waals surface area contributed by atoms with Crippen LogP contribution in [0.1, 0.15) is 38.2 Å². The van der Waals surface area contributed by atoms with Crippen LogP contribution in [0.2, 0.25) is 5.02 Å². The second kappa shape index (κ2) is 7.27. The van der Waals surface area contributed by atoms with Gasteiger partial charge in [0.1, 0.15) is 12.1 Å². The average Bonchev–Trinajstić information content (AvgIpc) is 2.83. The third-order valence-electron chi connectivity index (χ3n) is 5.36. The minimum atomic E-state index is -4.67. The molecule has 1 saturated carbocycles. The molecule has 4 amide bonds. The Hall–Kier alpha value is -2.29. The van der Waals surface area contributed by atoms with Crippen LogP contribution in [-0.4, -0.2) is 34.8 Å². The summed E-state index contributed by atoms with van der Waals surface area (Å²) in [5.41, 5.74) is -2.22. The Balaban J connectivity index is 1.72. The number of rotatable bonds is 3. The fourth-order valence-corrected chi connectivity index (χ4v) is 4.03. The number of nitrogens with zero attached hydrogens (tertiary/aromatic N) is 1. The highest BCUT2D eigenvalue weighted by Gasteiger charge is 2.55. The Bertz CT molecular complexity index is 830. The quantitative estimate of drug-likeness (QED) is 0.734. The Morgan fingerprint density at radius 3 is 2.71 bits per heavy atom. The van der Waals surface area contributed by atoms with Crippen molar-refractivity contribution < 1.29 is 27.6 Å². The largest absolute Gasteiger partial charge is 0.417 e. The number of amides is 4. The molecule has 2 atom stereocenters. The number of nitrogens with one attached hydrogen (secondary N) is 2. The molecule has 1 heterocycles. The summed E-state index contributed by atoms with van der Waals surface area (Å²) in [4.78, 5) is 38.2. The molecule has 2 aliphatic rings. The minimum Gasteiger partial charge on any atom is -0.325 e. The van der Waals surface area contributed by atoms with E-state index < -0.39 is 46.7 Å². The van der Waals surface area contributed by atoms with Crippen molar-refractivity contribution >= 4 is 35.1 Å². The van der Waals surface area contributed by atoms with Gasteiger partial charge in [0.2, 0.25) is 5.91 Å². The highest BCUT2D eigenvalue weighted by molar-refractivity contribution is 6.31. The maximum absolute atomic E-state index is 12.9. The van der Waals surface area contributed by atoms with E-state index in [1.165, 1.54) is 6.07 Å². The maximum atomic E-state index is 12.9. The number of urea groups is 1. The summed E-state index contributed by atoms with van der Waals surface area (Å²) in [6, 6.07) is 2.27. The molecule has 28 heavy (non-hydrogen) atoms. The zero-order chi connectivity index (χ0) is 20.7. The first kappa shape index (κ1) is 20.4. The van der Waals surface area contributed by atoms with Crippen molar-refractivity contribution in [3.8, 4) is 0 Å². The topological polar surface area (TPSA) is 78.5 Å². The SMILES string of the molecule is C[C@H]1CCCC[C@@]12NC(=O)N(CC(=O)Nc1ccc(Cl)c(C(F)(F)F)c1)C2=O. The fourth-order valence-electron chi connectivity index (χ4n) is 3.80. The first-order chi connectivity index (χ1) is 13.0. The second-order valence-electron chi connectivity index (χ2n) is 7.18. The van der Waals surface area contributed by atoms with Gasteiger partial charge in [-0.15, -0.1) is 0 Å². The van der Waals surface area contributed by atoms with Crippen LogP contribution in [0.15, 0.2) is 18.2 Å². The molecule has 1 aliphatic heterocycles. The summed E-state index contributed by atoms with van der Waals surface area (Å²) < 4.78 is 38.8. The number of hydrogen-bond donors (Lipinski definition) is 2. The van der Waals surface area contributed by atoms with Gasteiger partial charge in [0.05, 0.1) is 10.6 Å². The van der Waals surface area contributed by atoms with Crippen LogP contribution >= 0.6 is 11.6 Å². The Morgan fingerprint density at radius 1 is 1.36 bits per heavy atom. The molecule has 2 fully saturated rings. The van der Waals surface area contributed by atoms with Gasteiger partial charge in [0.15, 0.2) is 0 Å². The number of benzene rings is 1. The van der Waals surface area contributed by atoms with E-state index in [1.807, 2.05) is 6.92 Å². The summed E-state index contributed by atoms with van der Waals surface area (Å²) in [5.74, 6) is -1.30. The summed E-state index contributed by atoms with van der Waals surface area (Å²) >= 11 is 5.55. The Labute approximate surface area is 164 Å². The maximum Gasteiger partial charge on any atom is 0.417 e. The van der Waals surface area contributed by atoms with E-state index in [0.29, 0.717) is 12.5 Å². The summed E-state index contributed by atoms with van der Waals surface area (Å²) in [7, 11) is 0. The van der Waals surface area contributed by atoms with Crippen LogP contribution in [0.5, 0.6) is 0 Å². The van der Waals surface area contributed by atoms with E-state index in [9.17, 15) is 27.6 Å². The van der Waals surface area contributed by atoms with Crippen molar-refractivity contribution in [1.82, 2.24) is 10.2 Å². The first-order valence-electron chi connectivity index (χ1n) is 8.85. The standard InChI is InChI=1S/C18H19ClF3N3O3/c1-10-4-2-3-7-17(10)15(27)25(16(28)24-17)9-14(26)23-11-5-6-13(19)12(8-11)18(20,21)22/h5-6,8,10H,2-4,7,9H2,1H3,(H,23,26)(H,24,28)/t10-,17+/m0/s1. The van der Waals surface area contributed by atoms with Gasteiger partial charge >= 0.3 is 12.2 Å². The van der Waals surface area contributed by atoms with E-state index in [2.05, 4.69) is 10.6 Å². The molecular weight excluding hydrogens is 399 g/mol. The summed E-state index contributed by atoms with van der Waals surface area (Å²) in [6.07, 6.45) is -1.63. The lowest BCUT2D eigenvalue weighted by Gasteiger charge is -2.36. The molecular formula is C18H19ClF3N3O3. The Kier molecular flexibility index (Phi) is 5.31. The van der Waals surface area contributed by atoms with Gasteiger partial charge < -0.3 is 10.6 Å².